The normalized spacial score (nSPS) is 24.3. The topological polar surface area (TPSA) is 212 Å². The maximum absolute atomic E-state index is 12.9. The van der Waals surface area contributed by atoms with E-state index in [4.69, 9.17) is 4.84 Å². The second-order valence-corrected chi connectivity index (χ2v) is 10.3. The van der Waals surface area contributed by atoms with Crippen molar-refractivity contribution in [3.05, 3.63) is 40.1 Å². The van der Waals surface area contributed by atoms with E-state index in [1.54, 1.807) is 0 Å². The van der Waals surface area contributed by atoms with Crippen LogP contribution in [0.25, 0.3) is 0 Å². The number of hydrogen-bond acceptors (Lipinski definition) is 12. The number of pyridine rings is 1. The second kappa shape index (κ2) is 10.6. The standard InChI is InChI=1S/C17H18N6O9S.2Na/c1-17(15(16(27)28)23-13(26)3-14(23)33(17,30)31)8-21-5-9(19-20-21)4-18-32-7-10-2-11(24)12(25)6-22(10)29;;/h2,4-6,14-15,25,29H,3,7-8H2,1H3,(H,27,28);;/q;2*+1/p-2/b18-4+;;/t14-,15+,17+;;/m1../s1. The van der Waals surface area contributed by atoms with Crippen LogP contribution in [-0.4, -0.2) is 72.5 Å². The van der Waals surface area contributed by atoms with Gasteiger partial charge in [0.15, 0.2) is 21.9 Å². The maximum atomic E-state index is 12.9. The molecule has 15 nitrogen and oxygen atoms in total. The molecule has 0 saturated carbocycles. The van der Waals surface area contributed by atoms with Gasteiger partial charge in [-0.25, -0.2) is 8.42 Å². The molecule has 2 aromatic rings. The Morgan fingerprint density at radius 1 is 1.37 bits per heavy atom. The minimum Gasteiger partial charge on any atom is -0.869 e. The molecule has 2 aliphatic heterocycles. The molecule has 2 aromatic heterocycles. The summed E-state index contributed by atoms with van der Waals surface area (Å²) in [5.74, 6) is -3.16. The van der Waals surface area contributed by atoms with Gasteiger partial charge in [0.1, 0.15) is 21.5 Å². The molecule has 18 heteroatoms. The fraction of sp³-hybridized carbons (Fsp3) is 0.412. The Balaban J connectivity index is 0.00000216. The second-order valence-electron chi connectivity index (χ2n) is 7.73. The number of carboxylic acids is 1. The van der Waals surface area contributed by atoms with Crippen LogP contribution in [0.5, 0.6) is 5.75 Å². The van der Waals surface area contributed by atoms with Crippen molar-refractivity contribution in [2.24, 2.45) is 5.16 Å². The van der Waals surface area contributed by atoms with Gasteiger partial charge < -0.3 is 30.0 Å². The van der Waals surface area contributed by atoms with Crippen LogP contribution >= 0.6 is 0 Å². The van der Waals surface area contributed by atoms with Crippen LogP contribution < -0.4 is 74.8 Å². The molecule has 2 aliphatic rings. The Bertz CT molecular complexity index is 1340. The summed E-state index contributed by atoms with van der Waals surface area (Å²) in [4.78, 5) is 40.6. The van der Waals surface area contributed by atoms with Crippen LogP contribution in [0.3, 0.4) is 0 Å². The third kappa shape index (κ3) is 5.00. The molecule has 4 rings (SSSR count). The summed E-state index contributed by atoms with van der Waals surface area (Å²) in [6.07, 6.45) is 2.78. The Morgan fingerprint density at radius 3 is 2.69 bits per heavy atom. The van der Waals surface area contributed by atoms with E-state index >= 15 is 0 Å². The van der Waals surface area contributed by atoms with E-state index in [9.17, 15) is 38.2 Å². The number of amides is 1. The number of carbonyl (C=O) groups excluding carboxylic acids is 2. The molecule has 0 spiro atoms. The van der Waals surface area contributed by atoms with Crippen LogP contribution in [0.4, 0.5) is 0 Å². The van der Waals surface area contributed by atoms with Crippen LogP contribution in [0, 0.1) is 0 Å². The fourth-order valence-electron chi connectivity index (χ4n) is 3.89. The summed E-state index contributed by atoms with van der Waals surface area (Å²) in [5, 5.41) is 42.3. The van der Waals surface area contributed by atoms with E-state index in [0.717, 1.165) is 21.9 Å². The first-order valence-electron chi connectivity index (χ1n) is 9.38. The van der Waals surface area contributed by atoms with Crippen LogP contribution in [0.15, 0.2) is 28.4 Å². The molecular formula is C17H16N6Na2O9S. The zero-order valence-corrected chi connectivity index (χ0v) is 23.7. The van der Waals surface area contributed by atoms with Gasteiger partial charge in [0.2, 0.25) is 5.91 Å². The molecule has 0 aliphatic carbocycles. The molecule has 1 amide bonds. The largest absolute Gasteiger partial charge is 1.00 e. The Morgan fingerprint density at radius 2 is 2.06 bits per heavy atom. The van der Waals surface area contributed by atoms with Crippen LogP contribution in [-0.2, 0) is 37.4 Å². The summed E-state index contributed by atoms with van der Waals surface area (Å²) in [5.41, 5.74) is -0.746. The van der Waals surface area contributed by atoms with E-state index < -0.39 is 55.6 Å². The summed E-state index contributed by atoms with van der Waals surface area (Å²) in [6, 6.07) is -0.784. The van der Waals surface area contributed by atoms with Gasteiger partial charge in [0.05, 0.1) is 37.4 Å². The zero-order valence-electron chi connectivity index (χ0n) is 18.9. The number of hydrogen-bond donors (Lipinski definition) is 1. The predicted molar refractivity (Wildman–Crippen MR) is 101 cm³/mol. The molecule has 35 heavy (non-hydrogen) atoms. The monoisotopic (exact) mass is 526 g/mol. The van der Waals surface area contributed by atoms with Crippen molar-refractivity contribution >= 4 is 27.9 Å². The number of nitrogens with zero attached hydrogens (tertiary/aromatic N) is 6. The molecule has 2 saturated heterocycles. The number of fused-ring (bicyclic) bond motifs is 1. The number of aromatic nitrogens is 4. The number of carboxylic acid groups (broad SMARTS) is 1. The van der Waals surface area contributed by atoms with Crippen molar-refractivity contribution < 1.29 is 97.4 Å². The first kappa shape index (κ1) is 29.3. The first-order chi connectivity index (χ1) is 15.5. The number of aliphatic carboxylic acids is 1. The molecule has 4 heterocycles. The van der Waals surface area contributed by atoms with Gasteiger partial charge in [0, 0.05) is 12.3 Å². The average molecular weight is 526 g/mol. The van der Waals surface area contributed by atoms with Crippen LogP contribution in [0.2, 0.25) is 0 Å². The van der Waals surface area contributed by atoms with Crippen molar-refractivity contribution in [1.29, 1.82) is 0 Å². The molecule has 0 radical (unpaired) electrons. The summed E-state index contributed by atoms with van der Waals surface area (Å²) < 4.78 is 25.5. The number of β-lactam (4-membered cyclic amide) rings is 1. The molecule has 0 bridgehead atoms. The predicted octanol–water partition coefficient (Wildman–Crippen LogP) is -9.83. The molecular weight excluding hydrogens is 510 g/mol. The molecule has 176 valence electrons. The van der Waals surface area contributed by atoms with E-state index in [2.05, 4.69) is 15.5 Å². The van der Waals surface area contributed by atoms with Gasteiger partial charge in [-0.15, -0.1) is 5.10 Å². The SMILES string of the molecule is C[C@]1(Cn2cc(/C=N/OCc3cc(=O)c([O-])cn3O)nn2)[C@H](C(=O)[O-])N2C(=O)C[C@H]2S1(=O)=O.[Na+].[Na+]. The number of carbonyl (C=O) groups is 2. The average Bonchev–Trinajstić information content (AvgIpc) is 3.21. The number of oxime groups is 1. The Kier molecular flexibility index (Phi) is 8.85. The zero-order chi connectivity index (χ0) is 24.1. The summed E-state index contributed by atoms with van der Waals surface area (Å²) in [7, 11) is -4.04. The molecule has 1 N–H and O–H groups in total. The first-order valence-corrected chi connectivity index (χ1v) is 10.9. The van der Waals surface area contributed by atoms with Gasteiger partial charge >= 0.3 is 59.1 Å². The summed E-state index contributed by atoms with van der Waals surface area (Å²) in [6.45, 7) is 0.453. The van der Waals surface area contributed by atoms with E-state index in [0.29, 0.717) is 10.9 Å². The van der Waals surface area contributed by atoms with Crippen molar-refractivity contribution in [3.63, 3.8) is 0 Å². The van der Waals surface area contributed by atoms with Gasteiger partial charge in [-0.2, -0.15) is 4.73 Å². The number of sulfone groups is 1. The van der Waals surface area contributed by atoms with Gasteiger partial charge in [-0.05, 0) is 12.7 Å². The molecule has 2 fully saturated rings. The van der Waals surface area contributed by atoms with Crippen molar-refractivity contribution in [2.75, 3.05) is 0 Å². The molecule has 0 unspecified atom stereocenters. The Labute approximate surface area is 241 Å². The third-order valence-corrected chi connectivity index (χ3v) is 8.38. The summed E-state index contributed by atoms with van der Waals surface area (Å²) >= 11 is 0. The molecule has 3 atom stereocenters. The van der Waals surface area contributed by atoms with E-state index in [1.807, 2.05) is 0 Å². The molecule has 0 aromatic carbocycles. The van der Waals surface area contributed by atoms with Gasteiger partial charge in [0.25, 0.3) is 0 Å². The van der Waals surface area contributed by atoms with Crippen molar-refractivity contribution in [2.45, 2.75) is 42.7 Å². The smallest absolute Gasteiger partial charge is 0.869 e. The Hall–Kier alpha value is -1.95. The minimum absolute atomic E-state index is 0. The van der Waals surface area contributed by atoms with Gasteiger partial charge in [-0.1, -0.05) is 10.4 Å². The fourth-order valence-corrected chi connectivity index (χ4v) is 6.25. The van der Waals surface area contributed by atoms with Gasteiger partial charge in [-0.3, -0.25) is 14.3 Å². The minimum atomic E-state index is -4.04. The van der Waals surface area contributed by atoms with Crippen molar-refractivity contribution in [3.8, 4) is 5.75 Å². The number of rotatable bonds is 7. The van der Waals surface area contributed by atoms with E-state index in [1.165, 1.54) is 13.1 Å². The quantitative estimate of drug-likeness (QED) is 0.118. The van der Waals surface area contributed by atoms with E-state index in [-0.39, 0.29) is 83.5 Å². The van der Waals surface area contributed by atoms with Crippen LogP contribution in [0.1, 0.15) is 24.7 Å². The maximum Gasteiger partial charge on any atom is 1.00 e. The van der Waals surface area contributed by atoms with Crippen molar-refractivity contribution in [1.82, 2.24) is 24.6 Å². The third-order valence-electron chi connectivity index (χ3n) is 5.61.